The van der Waals surface area contributed by atoms with E-state index in [1.807, 2.05) is 36.5 Å². The second-order valence-electron chi connectivity index (χ2n) is 9.49. The van der Waals surface area contributed by atoms with Gasteiger partial charge in [-0.1, -0.05) is 61.2 Å². The molecule has 2 aromatic rings. The molecule has 3 rings (SSSR count). The quantitative estimate of drug-likeness (QED) is 0.470. The van der Waals surface area contributed by atoms with Gasteiger partial charge in [-0.2, -0.15) is 0 Å². The van der Waals surface area contributed by atoms with E-state index in [1.54, 1.807) is 0 Å². The lowest BCUT2D eigenvalue weighted by Crippen LogP contribution is -3.00. The lowest BCUT2D eigenvalue weighted by Gasteiger charge is -2.36. The zero-order chi connectivity index (χ0) is 20.9. The van der Waals surface area contributed by atoms with Crippen LogP contribution in [-0.2, 0) is 12.1 Å². The predicted octanol–water partition coefficient (Wildman–Crippen LogP) is 2.43. The van der Waals surface area contributed by atoms with Crippen molar-refractivity contribution in [3.05, 3.63) is 65.4 Å². The van der Waals surface area contributed by atoms with Gasteiger partial charge in [-0.15, -0.1) is 0 Å². The fourth-order valence-electron chi connectivity index (χ4n) is 4.51. The minimum absolute atomic E-state index is 0. The number of hydrogen-bond donors (Lipinski definition) is 1. The van der Waals surface area contributed by atoms with E-state index in [2.05, 4.69) is 39.0 Å². The third-order valence-corrected chi connectivity index (χ3v) is 6.16. The maximum absolute atomic E-state index is 11.9. The molecular formula is C25H37BrN2O2. The first kappa shape index (κ1) is 24.8. The van der Waals surface area contributed by atoms with Crippen LogP contribution >= 0.6 is 0 Å². The van der Waals surface area contributed by atoms with Crippen LogP contribution in [0.1, 0.15) is 69.6 Å². The normalized spacial score (nSPS) is 17.1. The second-order valence-corrected chi connectivity index (χ2v) is 9.49. The number of oxazole rings is 1. The van der Waals surface area contributed by atoms with E-state index in [1.165, 1.54) is 12.0 Å². The molecule has 30 heavy (non-hydrogen) atoms. The standard InChI is InChI=1S/C25H37N2O2.BrH/c1-20(2)12-11-17-27(3,4)19-23-18-26-24(29-23)25(28,21-13-7-5-8-14-21)22-15-9-6-10-16-22;/h5,7-8,12-14,18,22,28H,6,9-11,15-17,19H2,1-4H3;1H/q+1;/p-1/t25-;/m0./s1. The SMILES string of the molecule is CC(C)=CCC[N+](C)(C)Cc1cnc([C@](O)(c2ccccc2)C2CCCCC2)o1.[Br-]. The number of quaternary nitrogens is 1. The van der Waals surface area contributed by atoms with E-state index in [4.69, 9.17) is 4.42 Å². The Balaban J connectivity index is 0.00000320. The van der Waals surface area contributed by atoms with E-state index >= 15 is 0 Å². The minimum atomic E-state index is -1.15. The van der Waals surface area contributed by atoms with E-state index in [0.717, 1.165) is 61.0 Å². The van der Waals surface area contributed by atoms with Gasteiger partial charge < -0.3 is 31.0 Å². The zero-order valence-electron chi connectivity index (χ0n) is 18.9. The van der Waals surface area contributed by atoms with Crippen LogP contribution in [0, 0.1) is 5.92 Å². The van der Waals surface area contributed by atoms with E-state index in [-0.39, 0.29) is 22.9 Å². The van der Waals surface area contributed by atoms with Gasteiger partial charge in [0.15, 0.2) is 11.4 Å². The molecule has 5 heteroatoms. The number of allylic oxidation sites excluding steroid dienone is 1. The molecule has 1 aromatic carbocycles. The number of hydrogen-bond acceptors (Lipinski definition) is 3. The van der Waals surface area contributed by atoms with Crippen LogP contribution < -0.4 is 17.0 Å². The Bertz CT molecular complexity index is 806. The highest BCUT2D eigenvalue weighted by atomic mass is 79.9. The second kappa shape index (κ2) is 10.7. The van der Waals surface area contributed by atoms with Gasteiger partial charge in [0, 0.05) is 12.3 Å². The van der Waals surface area contributed by atoms with Crippen molar-refractivity contribution >= 4 is 0 Å². The summed E-state index contributed by atoms with van der Waals surface area (Å²) in [5.74, 6) is 1.44. The molecule has 0 spiro atoms. The number of aliphatic hydroxyl groups is 1. The summed E-state index contributed by atoms with van der Waals surface area (Å²) in [5, 5.41) is 11.9. The zero-order valence-corrected chi connectivity index (χ0v) is 20.5. The summed E-state index contributed by atoms with van der Waals surface area (Å²) >= 11 is 0. The average molecular weight is 477 g/mol. The Kier molecular flexibility index (Phi) is 8.89. The summed E-state index contributed by atoms with van der Waals surface area (Å²) in [7, 11) is 4.43. The third-order valence-electron chi connectivity index (χ3n) is 6.16. The van der Waals surface area contributed by atoms with Gasteiger partial charge in [0.05, 0.1) is 26.8 Å². The molecular weight excluding hydrogens is 440 g/mol. The molecule has 1 atom stereocenters. The molecule has 0 radical (unpaired) electrons. The molecule has 1 aromatic heterocycles. The van der Waals surface area contributed by atoms with Crippen LogP contribution in [-0.4, -0.2) is 35.2 Å². The van der Waals surface area contributed by atoms with Crippen LogP contribution in [0.15, 0.2) is 52.6 Å². The molecule has 1 saturated carbocycles. The molecule has 1 heterocycles. The maximum Gasteiger partial charge on any atom is 0.231 e. The van der Waals surface area contributed by atoms with Crippen molar-refractivity contribution in [3.63, 3.8) is 0 Å². The largest absolute Gasteiger partial charge is 1.00 e. The highest BCUT2D eigenvalue weighted by molar-refractivity contribution is 5.30. The number of rotatable bonds is 8. The Morgan fingerprint density at radius 1 is 1.17 bits per heavy atom. The number of benzene rings is 1. The molecule has 0 unspecified atom stereocenters. The number of halogens is 1. The number of aromatic nitrogens is 1. The molecule has 0 bridgehead atoms. The van der Waals surface area contributed by atoms with Gasteiger partial charge in [-0.05, 0) is 32.3 Å². The van der Waals surface area contributed by atoms with Crippen molar-refractivity contribution in [1.82, 2.24) is 4.98 Å². The third kappa shape index (κ3) is 6.05. The van der Waals surface area contributed by atoms with Crippen molar-refractivity contribution in [2.24, 2.45) is 5.92 Å². The lowest BCUT2D eigenvalue weighted by molar-refractivity contribution is -0.904. The highest BCUT2D eigenvalue weighted by Gasteiger charge is 2.44. The summed E-state index contributed by atoms with van der Waals surface area (Å²) in [6.45, 7) is 6.07. The number of nitrogens with zero attached hydrogens (tertiary/aromatic N) is 2. The van der Waals surface area contributed by atoms with Crippen LogP contribution in [0.3, 0.4) is 0 Å². The summed E-state index contributed by atoms with van der Waals surface area (Å²) in [4.78, 5) is 4.59. The van der Waals surface area contributed by atoms with Crippen molar-refractivity contribution in [3.8, 4) is 0 Å². The van der Waals surface area contributed by atoms with E-state index in [0.29, 0.717) is 5.89 Å². The van der Waals surface area contributed by atoms with Crippen molar-refractivity contribution in [2.45, 2.75) is 64.5 Å². The van der Waals surface area contributed by atoms with E-state index < -0.39 is 5.60 Å². The molecule has 1 aliphatic carbocycles. The van der Waals surface area contributed by atoms with Gasteiger partial charge in [0.2, 0.25) is 5.89 Å². The van der Waals surface area contributed by atoms with Crippen LogP contribution in [0.4, 0.5) is 0 Å². The summed E-state index contributed by atoms with van der Waals surface area (Å²) in [6, 6.07) is 9.94. The van der Waals surface area contributed by atoms with Gasteiger partial charge >= 0.3 is 0 Å². The molecule has 1 aliphatic rings. The Labute approximate surface area is 192 Å². The van der Waals surface area contributed by atoms with Crippen LogP contribution in [0.2, 0.25) is 0 Å². The molecule has 166 valence electrons. The van der Waals surface area contributed by atoms with Crippen LogP contribution in [0.5, 0.6) is 0 Å². The average Bonchev–Trinajstić information content (AvgIpc) is 3.16. The Hall–Kier alpha value is -1.43. The smallest absolute Gasteiger partial charge is 0.231 e. The molecule has 1 N–H and O–H groups in total. The van der Waals surface area contributed by atoms with E-state index in [9.17, 15) is 5.11 Å². The molecule has 0 amide bonds. The molecule has 0 saturated heterocycles. The van der Waals surface area contributed by atoms with Gasteiger partial charge in [-0.25, -0.2) is 4.98 Å². The van der Waals surface area contributed by atoms with Gasteiger partial charge in [0.1, 0.15) is 6.54 Å². The van der Waals surface area contributed by atoms with Gasteiger partial charge in [-0.3, -0.25) is 0 Å². The first-order valence-electron chi connectivity index (χ1n) is 11.0. The summed E-state index contributed by atoms with van der Waals surface area (Å²) in [6.07, 6.45) is 10.7. The maximum atomic E-state index is 11.9. The van der Waals surface area contributed by atoms with Crippen LogP contribution in [0.25, 0.3) is 0 Å². The summed E-state index contributed by atoms with van der Waals surface area (Å²) in [5.41, 5.74) is 1.09. The first-order chi connectivity index (χ1) is 13.8. The molecule has 1 fully saturated rings. The minimum Gasteiger partial charge on any atom is -1.00 e. The Morgan fingerprint density at radius 2 is 1.83 bits per heavy atom. The summed E-state index contributed by atoms with van der Waals surface area (Å²) < 4.78 is 7.05. The lowest BCUT2D eigenvalue weighted by atomic mass is 9.73. The predicted molar refractivity (Wildman–Crippen MR) is 117 cm³/mol. The van der Waals surface area contributed by atoms with Crippen molar-refractivity contribution in [2.75, 3.05) is 20.6 Å². The highest BCUT2D eigenvalue weighted by Crippen LogP contribution is 2.43. The Morgan fingerprint density at radius 3 is 2.47 bits per heavy atom. The fourth-order valence-corrected chi connectivity index (χ4v) is 4.51. The monoisotopic (exact) mass is 476 g/mol. The first-order valence-corrected chi connectivity index (χ1v) is 11.0. The fraction of sp³-hybridized carbons (Fsp3) is 0.560. The van der Waals surface area contributed by atoms with Crippen molar-refractivity contribution in [1.29, 1.82) is 0 Å². The molecule has 0 aliphatic heterocycles. The van der Waals surface area contributed by atoms with Crippen molar-refractivity contribution < 1.29 is 31.0 Å². The van der Waals surface area contributed by atoms with Gasteiger partial charge in [0.25, 0.3) is 0 Å². The molecule has 4 nitrogen and oxygen atoms in total. The topological polar surface area (TPSA) is 46.3 Å².